The summed E-state index contributed by atoms with van der Waals surface area (Å²) in [4.78, 5) is 25.3. The lowest BCUT2D eigenvalue weighted by Gasteiger charge is -2.28. The molecule has 0 aliphatic rings. The van der Waals surface area contributed by atoms with Crippen molar-refractivity contribution in [3.8, 4) is 6.07 Å². The van der Waals surface area contributed by atoms with Gasteiger partial charge in [0.15, 0.2) is 0 Å². The first-order valence-electron chi connectivity index (χ1n) is 6.76. The van der Waals surface area contributed by atoms with Gasteiger partial charge in [-0.05, 0) is 18.8 Å². The zero-order chi connectivity index (χ0) is 15.1. The number of hydrogen-bond acceptors (Lipinski definition) is 3. The molecule has 2 amide bonds. The highest BCUT2D eigenvalue weighted by Gasteiger charge is 2.37. The zero-order valence-electron chi connectivity index (χ0n) is 12.6. The van der Waals surface area contributed by atoms with E-state index >= 15 is 0 Å². The average Bonchev–Trinajstić information content (AvgIpc) is 2.38. The Morgan fingerprint density at radius 3 is 2.21 bits per heavy atom. The maximum atomic E-state index is 12.3. The predicted molar refractivity (Wildman–Crippen MR) is 74.1 cm³/mol. The molecule has 0 saturated carbocycles. The molecule has 0 atom stereocenters. The van der Waals surface area contributed by atoms with Gasteiger partial charge in [-0.25, -0.2) is 0 Å². The zero-order valence-corrected chi connectivity index (χ0v) is 12.6. The maximum Gasteiger partial charge on any atom is 0.243 e. The fourth-order valence-corrected chi connectivity index (χ4v) is 1.78. The van der Waals surface area contributed by atoms with Gasteiger partial charge in [0.25, 0.3) is 0 Å². The van der Waals surface area contributed by atoms with E-state index in [1.165, 1.54) is 4.90 Å². The third kappa shape index (κ3) is 4.90. The van der Waals surface area contributed by atoms with Crippen LogP contribution in [-0.2, 0) is 9.59 Å². The summed E-state index contributed by atoms with van der Waals surface area (Å²) in [6, 6.07) is 2.10. The standard InChI is InChI=1S/C14H25N3O2/c1-6-14(7-2,10-15)13(19)17(5)9-12(18)16-8-11(3)4/h11H,6-9H2,1-5H3,(H,16,18). The van der Waals surface area contributed by atoms with Gasteiger partial charge in [-0.2, -0.15) is 5.26 Å². The van der Waals surface area contributed by atoms with Crippen molar-refractivity contribution in [2.75, 3.05) is 20.1 Å². The smallest absolute Gasteiger partial charge is 0.243 e. The van der Waals surface area contributed by atoms with Gasteiger partial charge in [0, 0.05) is 13.6 Å². The third-order valence-electron chi connectivity index (χ3n) is 3.27. The second kappa shape index (κ2) is 7.78. The number of amides is 2. The van der Waals surface area contributed by atoms with Crippen LogP contribution in [0.15, 0.2) is 0 Å². The Morgan fingerprint density at radius 1 is 1.32 bits per heavy atom. The van der Waals surface area contributed by atoms with Gasteiger partial charge in [-0.3, -0.25) is 9.59 Å². The number of rotatable bonds is 7. The third-order valence-corrected chi connectivity index (χ3v) is 3.27. The van der Waals surface area contributed by atoms with Crippen LogP contribution in [0.5, 0.6) is 0 Å². The number of carbonyl (C=O) groups excluding carboxylic acids is 2. The summed E-state index contributed by atoms with van der Waals surface area (Å²) in [5.41, 5.74) is -1.01. The molecule has 0 heterocycles. The van der Waals surface area contributed by atoms with Gasteiger partial charge in [-0.15, -0.1) is 0 Å². The topological polar surface area (TPSA) is 73.2 Å². The van der Waals surface area contributed by atoms with Gasteiger partial charge in [0.2, 0.25) is 11.8 Å². The predicted octanol–water partition coefficient (Wildman–Crippen LogP) is 1.55. The summed E-state index contributed by atoms with van der Waals surface area (Å²) < 4.78 is 0. The Balaban J connectivity index is 4.58. The maximum absolute atomic E-state index is 12.3. The lowest BCUT2D eigenvalue weighted by atomic mass is 9.82. The van der Waals surface area contributed by atoms with Crippen molar-refractivity contribution in [2.45, 2.75) is 40.5 Å². The van der Waals surface area contributed by atoms with Crippen molar-refractivity contribution in [3.63, 3.8) is 0 Å². The van der Waals surface area contributed by atoms with Crippen LogP contribution in [0.3, 0.4) is 0 Å². The monoisotopic (exact) mass is 267 g/mol. The SMILES string of the molecule is CCC(C#N)(CC)C(=O)N(C)CC(=O)NCC(C)C. The molecular formula is C14H25N3O2. The van der Waals surface area contributed by atoms with E-state index in [1.54, 1.807) is 7.05 Å². The second-order valence-corrected chi connectivity index (χ2v) is 5.26. The molecule has 108 valence electrons. The first-order chi connectivity index (χ1) is 8.82. The van der Waals surface area contributed by atoms with Crippen molar-refractivity contribution in [1.29, 1.82) is 5.26 Å². The molecule has 0 aromatic heterocycles. The Morgan fingerprint density at radius 2 is 1.84 bits per heavy atom. The van der Waals surface area contributed by atoms with Crippen molar-refractivity contribution in [2.24, 2.45) is 11.3 Å². The Kier molecular flexibility index (Phi) is 7.13. The Hall–Kier alpha value is -1.57. The van der Waals surface area contributed by atoms with Crippen LogP contribution in [0.1, 0.15) is 40.5 Å². The van der Waals surface area contributed by atoms with Crippen LogP contribution in [0.4, 0.5) is 0 Å². The summed E-state index contributed by atoms with van der Waals surface area (Å²) in [6.45, 7) is 8.23. The Labute approximate surface area is 116 Å². The lowest BCUT2D eigenvalue weighted by molar-refractivity contribution is -0.141. The summed E-state index contributed by atoms with van der Waals surface area (Å²) in [7, 11) is 1.56. The summed E-state index contributed by atoms with van der Waals surface area (Å²) in [5, 5.41) is 12.0. The van der Waals surface area contributed by atoms with Crippen LogP contribution in [-0.4, -0.2) is 36.9 Å². The fraction of sp³-hybridized carbons (Fsp3) is 0.786. The summed E-state index contributed by atoms with van der Waals surface area (Å²) >= 11 is 0. The second-order valence-electron chi connectivity index (χ2n) is 5.26. The molecule has 0 unspecified atom stereocenters. The number of nitriles is 1. The van der Waals surface area contributed by atoms with Crippen LogP contribution in [0.2, 0.25) is 0 Å². The molecule has 0 spiro atoms. The molecule has 5 nitrogen and oxygen atoms in total. The average molecular weight is 267 g/mol. The van der Waals surface area contributed by atoms with Crippen molar-refractivity contribution >= 4 is 11.8 Å². The largest absolute Gasteiger partial charge is 0.354 e. The van der Waals surface area contributed by atoms with Gasteiger partial charge < -0.3 is 10.2 Å². The molecule has 0 saturated heterocycles. The molecule has 1 N–H and O–H groups in total. The van der Waals surface area contributed by atoms with E-state index in [4.69, 9.17) is 0 Å². The molecule has 0 aliphatic carbocycles. The van der Waals surface area contributed by atoms with Crippen molar-refractivity contribution < 1.29 is 9.59 Å². The van der Waals surface area contributed by atoms with E-state index in [1.807, 2.05) is 27.7 Å². The minimum atomic E-state index is -1.01. The lowest BCUT2D eigenvalue weighted by Crippen LogP contribution is -2.45. The number of hydrogen-bond donors (Lipinski definition) is 1. The molecule has 0 radical (unpaired) electrons. The van der Waals surface area contributed by atoms with E-state index in [0.29, 0.717) is 25.3 Å². The van der Waals surface area contributed by atoms with E-state index in [-0.39, 0.29) is 18.4 Å². The highest BCUT2D eigenvalue weighted by atomic mass is 16.2. The van der Waals surface area contributed by atoms with Gasteiger partial charge in [-0.1, -0.05) is 27.7 Å². The molecule has 0 bridgehead atoms. The van der Waals surface area contributed by atoms with Crippen molar-refractivity contribution in [3.05, 3.63) is 0 Å². The van der Waals surface area contributed by atoms with Crippen LogP contribution in [0, 0.1) is 22.7 Å². The first-order valence-corrected chi connectivity index (χ1v) is 6.76. The molecule has 0 aliphatic heterocycles. The molecule has 0 fully saturated rings. The molecule has 19 heavy (non-hydrogen) atoms. The number of likely N-dealkylation sites (N-methyl/N-ethyl adjacent to an activating group) is 1. The molecule has 5 heteroatoms. The van der Waals surface area contributed by atoms with E-state index < -0.39 is 5.41 Å². The Bertz CT molecular complexity index is 354. The first kappa shape index (κ1) is 17.4. The fourth-order valence-electron chi connectivity index (χ4n) is 1.78. The molecule has 0 rings (SSSR count). The number of nitrogens with one attached hydrogen (secondary N) is 1. The van der Waals surface area contributed by atoms with E-state index in [2.05, 4.69) is 11.4 Å². The van der Waals surface area contributed by atoms with E-state index in [9.17, 15) is 14.9 Å². The highest BCUT2D eigenvalue weighted by molar-refractivity contribution is 5.89. The summed E-state index contributed by atoms with van der Waals surface area (Å²) in [6.07, 6.45) is 0.910. The van der Waals surface area contributed by atoms with E-state index in [0.717, 1.165) is 0 Å². The van der Waals surface area contributed by atoms with Crippen LogP contribution >= 0.6 is 0 Å². The van der Waals surface area contributed by atoms with Crippen LogP contribution in [0.25, 0.3) is 0 Å². The number of nitrogens with zero attached hydrogens (tertiary/aromatic N) is 2. The van der Waals surface area contributed by atoms with Gasteiger partial charge in [0.05, 0.1) is 12.6 Å². The molecule has 0 aromatic carbocycles. The normalized spacial score (nSPS) is 11.0. The van der Waals surface area contributed by atoms with Crippen molar-refractivity contribution in [1.82, 2.24) is 10.2 Å². The minimum Gasteiger partial charge on any atom is -0.354 e. The summed E-state index contributed by atoms with van der Waals surface area (Å²) in [5.74, 6) is -0.0993. The molecular weight excluding hydrogens is 242 g/mol. The van der Waals surface area contributed by atoms with Gasteiger partial charge in [0.1, 0.15) is 5.41 Å². The quantitative estimate of drug-likeness (QED) is 0.760. The van der Waals surface area contributed by atoms with Gasteiger partial charge >= 0.3 is 0 Å². The molecule has 0 aromatic rings. The number of carbonyl (C=O) groups is 2. The van der Waals surface area contributed by atoms with Crippen LogP contribution < -0.4 is 5.32 Å². The highest BCUT2D eigenvalue weighted by Crippen LogP contribution is 2.27. The minimum absolute atomic E-state index is 0.00498.